The van der Waals surface area contributed by atoms with Crippen molar-refractivity contribution in [1.29, 1.82) is 0 Å². The first-order valence-electron chi connectivity index (χ1n) is 6.03. The molecule has 8 nitrogen and oxygen atoms in total. The number of hydrogen-bond donors (Lipinski definition) is 1. The van der Waals surface area contributed by atoms with Crippen LogP contribution in [0, 0.1) is 10.1 Å². The van der Waals surface area contributed by atoms with Crippen molar-refractivity contribution in [3.63, 3.8) is 0 Å². The number of nitro benzene ring substituents is 1. The van der Waals surface area contributed by atoms with Crippen molar-refractivity contribution in [1.82, 2.24) is 15.6 Å². The molecule has 1 N–H and O–H groups in total. The molecule has 1 fully saturated rings. The molecule has 0 aliphatic carbocycles. The summed E-state index contributed by atoms with van der Waals surface area (Å²) in [5.74, 6) is 0.468. The first kappa shape index (κ1) is 11.8. The van der Waals surface area contributed by atoms with Gasteiger partial charge in [0, 0.05) is 12.6 Å². The van der Waals surface area contributed by atoms with E-state index in [1.807, 2.05) is 0 Å². The quantitative estimate of drug-likeness (QED) is 0.657. The zero-order chi connectivity index (χ0) is 13.2. The molecule has 3 rings (SSSR count). The van der Waals surface area contributed by atoms with Gasteiger partial charge in [-0.2, -0.15) is 0 Å². The maximum absolute atomic E-state index is 10.9. The minimum Gasteiger partial charge on any atom is -0.487 e. The van der Waals surface area contributed by atoms with E-state index in [2.05, 4.69) is 20.3 Å². The van der Waals surface area contributed by atoms with E-state index >= 15 is 0 Å². The van der Waals surface area contributed by atoms with E-state index in [1.165, 1.54) is 6.07 Å². The van der Waals surface area contributed by atoms with Gasteiger partial charge in [-0.15, -0.1) is 0 Å². The van der Waals surface area contributed by atoms with Gasteiger partial charge in [-0.3, -0.25) is 10.1 Å². The summed E-state index contributed by atoms with van der Waals surface area (Å²) >= 11 is 0. The van der Waals surface area contributed by atoms with Crippen LogP contribution in [0.15, 0.2) is 16.8 Å². The van der Waals surface area contributed by atoms with Crippen LogP contribution in [-0.4, -0.2) is 34.4 Å². The fourth-order valence-electron chi connectivity index (χ4n) is 2.17. The highest BCUT2D eigenvalue weighted by Crippen LogP contribution is 2.31. The highest BCUT2D eigenvalue weighted by molar-refractivity contribution is 5.88. The second kappa shape index (κ2) is 4.81. The van der Waals surface area contributed by atoms with Gasteiger partial charge in [-0.1, -0.05) is 0 Å². The Balaban J connectivity index is 1.93. The predicted octanol–water partition coefficient (Wildman–Crippen LogP) is 1.26. The van der Waals surface area contributed by atoms with Gasteiger partial charge in [0.2, 0.25) is 5.52 Å². The Morgan fingerprint density at radius 1 is 1.42 bits per heavy atom. The number of ether oxygens (including phenoxy) is 1. The average Bonchev–Trinajstić information content (AvgIpc) is 2.89. The lowest BCUT2D eigenvalue weighted by atomic mass is 10.1. The number of hydrogen-bond acceptors (Lipinski definition) is 7. The van der Waals surface area contributed by atoms with Crippen LogP contribution >= 0.6 is 0 Å². The van der Waals surface area contributed by atoms with E-state index in [0.717, 1.165) is 25.9 Å². The third-order valence-corrected chi connectivity index (χ3v) is 3.10. The van der Waals surface area contributed by atoms with E-state index in [1.54, 1.807) is 6.07 Å². The van der Waals surface area contributed by atoms with E-state index in [-0.39, 0.29) is 17.3 Å². The smallest absolute Gasteiger partial charge is 0.301 e. The summed E-state index contributed by atoms with van der Waals surface area (Å²) in [4.78, 5) is 10.3. The molecule has 0 spiro atoms. The first-order chi connectivity index (χ1) is 9.25. The normalized spacial score (nSPS) is 19.5. The van der Waals surface area contributed by atoms with Crippen molar-refractivity contribution in [2.24, 2.45) is 0 Å². The molecule has 1 aromatic heterocycles. The maximum atomic E-state index is 10.9. The van der Waals surface area contributed by atoms with Crippen LogP contribution in [0.25, 0.3) is 11.0 Å². The van der Waals surface area contributed by atoms with E-state index in [9.17, 15) is 10.1 Å². The van der Waals surface area contributed by atoms with Crippen molar-refractivity contribution < 1.29 is 14.3 Å². The number of non-ortho nitro benzene ring substituents is 1. The van der Waals surface area contributed by atoms with Gasteiger partial charge < -0.3 is 10.1 Å². The molecule has 1 saturated heterocycles. The topological polar surface area (TPSA) is 103 Å². The summed E-state index contributed by atoms with van der Waals surface area (Å²) in [5.41, 5.74) is 0.274. The van der Waals surface area contributed by atoms with E-state index < -0.39 is 4.92 Å². The molecule has 0 radical (unpaired) electrons. The van der Waals surface area contributed by atoms with Gasteiger partial charge in [-0.05, 0) is 35.8 Å². The number of rotatable bonds is 3. The number of fused-ring (bicyclic) bond motifs is 1. The van der Waals surface area contributed by atoms with Crippen LogP contribution in [0.4, 0.5) is 5.69 Å². The summed E-state index contributed by atoms with van der Waals surface area (Å²) in [6, 6.07) is 2.90. The molecule has 1 aromatic carbocycles. The van der Waals surface area contributed by atoms with Crippen LogP contribution in [0.2, 0.25) is 0 Å². The summed E-state index contributed by atoms with van der Waals surface area (Å²) in [5, 5.41) is 21.4. The predicted molar refractivity (Wildman–Crippen MR) is 65.0 cm³/mol. The SMILES string of the molecule is O=[N+]([O-])c1ccc(O[C@H]2CCCNC2)c2nonc12. The molecule has 2 heterocycles. The lowest BCUT2D eigenvalue weighted by molar-refractivity contribution is -0.383. The summed E-state index contributed by atoms with van der Waals surface area (Å²) in [7, 11) is 0. The molecular formula is C11H12N4O4. The molecule has 1 aliphatic heterocycles. The minimum atomic E-state index is -0.515. The second-order valence-electron chi connectivity index (χ2n) is 4.39. The fraction of sp³-hybridized carbons (Fsp3) is 0.455. The van der Waals surface area contributed by atoms with Crippen LogP contribution in [0.1, 0.15) is 12.8 Å². The average molecular weight is 264 g/mol. The molecule has 0 unspecified atom stereocenters. The largest absolute Gasteiger partial charge is 0.487 e. The van der Waals surface area contributed by atoms with Gasteiger partial charge in [-0.25, -0.2) is 4.63 Å². The molecule has 100 valence electrons. The maximum Gasteiger partial charge on any atom is 0.301 e. The number of nitrogens with zero attached hydrogens (tertiary/aromatic N) is 3. The van der Waals surface area contributed by atoms with Crippen molar-refractivity contribution in [2.45, 2.75) is 18.9 Å². The molecule has 1 aliphatic rings. The monoisotopic (exact) mass is 264 g/mol. The van der Waals surface area contributed by atoms with Gasteiger partial charge >= 0.3 is 5.69 Å². The number of benzene rings is 1. The summed E-state index contributed by atoms with van der Waals surface area (Å²) in [6.45, 7) is 1.74. The van der Waals surface area contributed by atoms with E-state index in [0.29, 0.717) is 11.3 Å². The zero-order valence-electron chi connectivity index (χ0n) is 10.0. The number of nitro groups is 1. The Kier molecular flexibility index (Phi) is 3.00. The Hall–Kier alpha value is -2.22. The van der Waals surface area contributed by atoms with Crippen LogP contribution in [0.5, 0.6) is 5.75 Å². The molecule has 19 heavy (non-hydrogen) atoms. The molecule has 2 aromatic rings. The molecule has 0 bridgehead atoms. The number of nitrogens with one attached hydrogen (secondary N) is 1. The standard InChI is InChI=1S/C11H12N4O4/c16-15(17)8-3-4-9(11-10(8)13-19-14-11)18-7-2-1-5-12-6-7/h3-4,7,12H,1-2,5-6H2/t7-/m0/s1. The van der Waals surface area contributed by atoms with Gasteiger partial charge in [0.05, 0.1) is 4.92 Å². The number of aromatic nitrogens is 2. The van der Waals surface area contributed by atoms with Crippen molar-refractivity contribution >= 4 is 16.7 Å². The highest BCUT2D eigenvalue weighted by Gasteiger charge is 2.22. The molecule has 8 heteroatoms. The second-order valence-corrected chi connectivity index (χ2v) is 4.39. The van der Waals surface area contributed by atoms with E-state index in [4.69, 9.17) is 4.74 Å². The van der Waals surface area contributed by atoms with Crippen LogP contribution in [-0.2, 0) is 0 Å². The summed E-state index contributed by atoms with van der Waals surface area (Å²) < 4.78 is 10.4. The van der Waals surface area contributed by atoms with Crippen molar-refractivity contribution in [2.75, 3.05) is 13.1 Å². The first-order valence-corrected chi connectivity index (χ1v) is 6.03. The minimum absolute atomic E-state index is 0.0371. The summed E-state index contributed by atoms with van der Waals surface area (Å²) in [6.07, 6.45) is 2.02. The molecule has 1 atom stereocenters. The Bertz CT molecular complexity index is 606. The molecular weight excluding hydrogens is 252 g/mol. The highest BCUT2D eigenvalue weighted by atomic mass is 16.6. The lowest BCUT2D eigenvalue weighted by Crippen LogP contribution is -2.37. The molecule has 0 saturated carbocycles. The van der Waals surface area contributed by atoms with Gasteiger partial charge in [0.15, 0.2) is 11.3 Å². The fourth-order valence-corrected chi connectivity index (χ4v) is 2.17. The molecule has 0 amide bonds. The Labute approximate surface area is 107 Å². The van der Waals surface area contributed by atoms with Crippen molar-refractivity contribution in [3.05, 3.63) is 22.2 Å². The Morgan fingerprint density at radius 2 is 2.26 bits per heavy atom. The van der Waals surface area contributed by atoms with Crippen molar-refractivity contribution in [3.8, 4) is 5.75 Å². The van der Waals surface area contributed by atoms with Gasteiger partial charge in [0.25, 0.3) is 0 Å². The third-order valence-electron chi connectivity index (χ3n) is 3.10. The lowest BCUT2D eigenvalue weighted by Gasteiger charge is -2.23. The van der Waals surface area contributed by atoms with Gasteiger partial charge in [0.1, 0.15) is 6.10 Å². The third kappa shape index (κ3) is 2.22. The Morgan fingerprint density at radius 3 is 3.00 bits per heavy atom. The number of piperidine rings is 1. The van der Waals surface area contributed by atoms with Crippen LogP contribution in [0.3, 0.4) is 0 Å². The van der Waals surface area contributed by atoms with Crippen LogP contribution < -0.4 is 10.1 Å². The zero-order valence-corrected chi connectivity index (χ0v) is 10.0.